The van der Waals surface area contributed by atoms with Crippen molar-refractivity contribution in [1.82, 2.24) is 0 Å². The molecule has 0 N–H and O–H groups in total. The summed E-state index contributed by atoms with van der Waals surface area (Å²) in [6, 6.07) is 13.6. The molecule has 0 radical (unpaired) electrons. The third-order valence-corrected chi connectivity index (χ3v) is 4.29. The van der Waals surface area contributed by atoms with Gasteiger partial charge in [-0.15, -0.1) is 0 Å². The third kappa shape index (κ3) is 1.60. The number of hydrogen-bond donors (Lipinski definition) is 0. The second-order valence-corrected chi connectivity index (χ2v) is 5.50. The van der Waals surface area contributed by atoms with Gasteiger partial charge in [0.15, 0.2) is 0 Å². The Morgan fingerprint density at radius 2 is 1.68 bits per heavy atom. The van der Waals surface area contributed by atoms with Crippen molar-refractivity contribution in [2.75, 3.05) is 0 Å². The van der Waals surface area contributed by atoms with Crippen LogP contribution in [0.1, 0.15) is 28.2 Å². The van der Waals surface area contributed by atoms with E-state index in [0.717, 1.165) is 6.42 Å². The predicted molar refractivity (Wildman–Crippen MR) is 80.4 cm³/mol. The summed E-state index contributed by atoms with van der Waals surface area (Å²) in [5.41, 5.74) is 8.66. The minimum Gasteiger partial charge on any atom is -0.0732 e. The standard InChI is InChI=1S/C19H16/c1-13-10-19-16(11-15-8-4-5-9-17(15)19)12-18(13)14-6-2-3-7-14/h2-10,12,14H,11H2,1H3. The predicted octanol–water partition coefficient (Wildman–Crippen LogP) is 4.78. The topological polar surface area (TPSA) is 0 Å². The van der Waals surface area contributed by atoms with Crippen molar-refractivity contribution in [2.45, 2.75) is 19.3 Å². The molecular formula is C19H16. The Labute approximate surface area is 114 Å². The smallest absolute Gasteiger partial charge is 0.0207 e. The molecule has 0 atom stereocenters. The molecule has 0 spiro atoms. The highest BCUT2D eigenvalue weighted by Crippen LogP contribution is 2.39. The number of allylic oxidation sites excluding steroid dienone is 4. The molecule has 0 heterocycles. The number of hydrogen-bond acceptors (Lipinski definition) is 0. The van der Waals surface area contributed by atoms with Crippen LogP contribution in [0.2, 0.25) is 0 Å². The highest BCUT2D eigenvalue weighted by Gasteiger charge is 2.21. The fourth-order valence-electron chi connectivity index (χ4n) is 3.31. The molecule has 0 saturated carbocycles. The van der Waals surface area contributed by atoms with E-state index in [1.807, 2.05) is 0 Å². The maximum atomic E-state index is 2.41. The van der Waals surface area contributed by atoms with Crippen LogP contribution in [0.5, 0.6) is 0 Å². The molecule has 0 nitrogen and oxygen atoms in total. The molecule has 0 saturated heterocycles. The van der Waals surface area contributed by atoms with Gasteiger partial charge in [0, 0.05) is 5.92 Å². The van der Waals surface area contributed by atoms with E-state index < -0.39 is 0 Å². The summed E-state index contributed by atoms with van der Waals surface area (Å²) in [7, 11) is 0. The summed E-state index contributed by atoms with van der Waals surface area (Å²) in [6.45, 7) is 2.23. The van der Waals surface area contributed by atoms with Gasteiger partial charge in [-0.1, -0.05) is 60.7 Å². The molecule has 0 fully saturated rings. The van der Waals surface area contributed by atoms with Gasteiger partial charge in [-0.3, -0.25) is 0 Å². The summed E-state index contributed by atoms with van der Waals surface area (Å²) in [4.78, 5) is 0. The van der Waals surface area contributed by atoms with Crippen molar-refractivity contribution >= 4 is 0 Å². The normalized spacial score (nSPS) is 15.8. The van der Waals surface area contributed by atoms with Crippen LogP contribution in [-0.4, -0.2) is 0 Å². The Bertz CT molecular complexity index is 705. The first-order valence-corrected chi connectivity index (χ1v) is 6.89. The highest BCUT2D eigenvalue weighted by atomic mass is 14.2. The Kier molecular flexibility index (Phi) is 2.25. The lowest BCUT2D eigenvalue weighted by Gasteiger charge is -2.13. The molecule has 2 aromatic carbocycles. The highest BCUT2D eigenvalue weighted by molar-refractivity contribution is 5.78. The molecule has 0 bridgehead atoms. The van der Waals surface area contributed by atoms with Crippen LogP contribution in [0.3, 0.4) is 0 Å². The monoisotopic (exact) mass is 244 g/mol. The van der Waals surface area contributed by atoms with E-state index >= 15 is 0 Å². The number of rotatable bonds is 1. The SMILES string of the molecule is Cc1cc2c(cc1C1C=CC=C1)Cc1ccccc1-2. The van der Waals surface area contributed by atoms with Gasteiger partial charge in [-0.25, -0.2) is 0 Å². The molecule has 2 aromatic rings. The van der Waals surface area contributed by atoms with Gasteiger partial charge in [0.25, 0.3) is 0 Å². The molecule has 0 heteroatoms. The van der Waals surface area contributed by atoms with E-state index in [2.05, 4.69) is 67.6 Å². The van der Waals surface area contributed by atoms with Crippen LogP contribution in [-0.2, 0) is 6.42 Å². The van der Waals surface area contributed by atoms with Crippen LogP contribution < -0.4 is 0 Å². The van der Waals surface area contributed by atoms with Gasteiger partial charge >= 0.3 is 0 Å². The summed E-state index contributed by atoms with van der Waals surface area (Å²) in [5.74, 6) is 0.467. The van der Waals surface area contributed by atoms with Crippen molar-refractivity contribution in [1.29, 1.82) is 0 Å². The first kappa shape index (κ1) is 10.8. The zero-order chi connectivity index (χ0) is 12.8. The van der Waals surface area contributed by atoms with Crippen LogP contribution in [0.4, 0.5) is 0 Å². The number of aryl methyl sites for hydroxylation is 1. The lowest BCUT2D eigenvalue weighted by atomic mass is 9.91. The second kappa shape index (κ2) is 3.96. The molecule has 0 aromatic heterocycles. The molecule has 92 valence electrons. The number of fused-ring (bicyclic) bond motifs is 3. The molecule has 4 rings (SSSR count). The summed E-state index contributed by atoms with van der Waals surface area (Å²) < 4.78 is 0. The molecule has 0 unspecified atom stereocenters. The lowest BCUT2D eigenvalue weighted by Crippen LogP contribution is -1.95. The van der Waals surface area contributed by atoms with Crippen molar-refractivity contribution in [3.8, 4) is 11.1 Å². The van der Waals surface area contributed by atoms with E-state index in [4.69, 9.17) is 0 Å². The first-order chi connectivity index (χ1) is 9.33. The van der Waals surface area contributed by atoms with Gasteiger partial charge in [-0.2, -0.15) is 0 Å². The van der Waals surface area contributed by atoms with Crippen molar-refractivity contribution in [3.05, 3.63) is 83.0 Å². The van der Waals surface area contributed by atoms with Crippen molar-refractivity contribution in [2.24, 2.45) is 0 Å². The maximum absolute atomic E-state index is 2.41. The van der Waals surface area contributed by atoms with Crippen LogP contribution in [0, 0.1) is 6.92 Å². The Balaban J connectivity index is 1.87. The van der Waals surface area contributed by atoms with Crippen LogP contribution in [0.25, 0.3) is 11.1 Å². The number of benzene rings is 2. The second-order valence-electron chi connectivity index (χ2n) is 5.50. The minimum atomic E-state index is 0.467. The van der Waals surface area contributed by atoms with E-state index in [1.54, 1.807) is 0 Å². The third-order valence-electron chi connectivity index (χ3n) is 4.29. The molecular weight excluding hydrogens is 228 g/mol. The zero-order valence-electron chi connectivity index (χ0n) is 11.1. The maximum Gasteiger partial charge on any atom is 0.0207 e. The Morgan fingerprint density at radius 3 is 2.53 bits per heavy atom. The molecule has 19 heavy (non-hydrogen) atoms. The summed E-state index contributed by atoms with van der Waals surface area (Å²) in [6.07, 6.45) is 9.92. The summed E-state index contributed by atoms with van der Waals surface area (Å²) >= 11 is 0. The largest absolute Gasteiger partial charge is 0.0732 e. The fraction of sp³-hybridized carbons (Fsp3) is 0.158. The lowest BCUT2D eigenvalue weighted by molar-refractivity contribution is 1.06. The van der Waals surface area contributed by atoms with E-state index in [1.165, 1.54) is 33.4 Å². The molecule has 0 amide bonds. The van der Waals surface area contributed by atoms with Gasteiger partial charge in [0.1, 0.15) is 0 Å². The van der Waals surface area contributed by atoms with Crippen LogP contribution >= 0.6 is 0 Å². The summed E-state index contributed by atoms with van der Waals surface area (Å²) in [5, 5.41) is 0. The van der Waals surface area contributed by atoms with Gasteiger partial charge < -0.3 is 0 Å². The van der Waals surface area contributed by atoms with E-state index in [-0.39, 0.29) is 0 Å². The molecule has 2 aliphatic rings. The molecule has 2 aliphatic carbocycles. The van der Waals surface area contributed by atoms with E-state index in [0.29, 0.717) is 5.92 Å². The molecule has 0 aliphatic heterocycles. The Hall–Kier alpha value is -2.08. The zero-order valence-corrected chi connectivity index (χ0v) is 11.1. The van der Waals surface area contributed by atoms with Gasteiger partial charge in [-0.05, 0) is 46.7 Å². The van der Waals surface area contributed by atoms with Gasteiger partial charge in [0.2, 0.25) is 0 Å². The average molecular weight is 244 g/mol. The van der Waals surface area contributed by atoms with Gasteiger partial charge in [0.05, 0.1) is 0 Å². The Morgan fingerprint density at radius 1 is 0.895 bits per heavy atom. The fourth-order valence-corrected chi connectivity index (χ4v) is 3.31. The van der Waals surface area contributed by atoms with Crippen LogP contribution in [0.15, 0.2) is 60.7 Å². The van der Waals surface area contributed by atoms with E-state index in [9.17, 15) is 0 Å². The van der Waals surface area contributed by atoms with Crippen molar-refractivity contribution < 1.29 is 0 Å². The minimum absolute atomic E-state index is 0.467. The quantitative estimate of drug-likeness (QED) is 0.578. The average Bonchev–Trinajstić information content (AvgIpc) is 3.04. The van der Waals surface area contributed by atoms with Crippen molar-refractivity contribution in [3.63, 3.8) is 0 Å². The first-order valence-electron chi connectivity index (χ1n) is 6.89.